The van der Waals surface area contributed by atoms with Crippen molar-refractivity contribution < 1.29 is 23.1 Å². The van der Waals surface area contributed by atoms with Crippen molar-refractivity contribution in [1.82, 2.24) is 0 Å². The molecule has 0 N–H and O–H groups in total. The van der Waals surface area contributed by atoms with Gasteiger partial charge in [0.25, 0.3) is 0 Å². The van der Waals surface area contributed by atoms with Gasteiger partial charge in [-0.05, 0) is 66.5 Å². The third-order valence-corrected chi connectivity index (χ3v) is 7.59. The fourth-order valence-electron chi connectivity index (χ4n) is 6.16. The fourth-order valence-corrected chi connectivity index (χ4v) is 6.16. The van der Waals surface area contributed by atoms with E-state index in [9.17, 15) is 18.4 Å². The lowest BCUT2D eigenvalue weighted by Gasteiger charge is -2.48. The van der Waals surface area contributed by atoms with Gasteiger partial charge in [-0.3, -0.25) is 9.18 Å². The van der Waals surface area contributed by atoms with Gasteiger partial charge >= 0.3 is 5.97 Å². The summed E-state index contributed by atoms with van der Waals surface area (Å²) in [6, 6.07) is 6.01. The number of fused-ring (bicyclic) bond motifs is 5. The van der Waals surface area contributed by atoms with Gasteiger partial charge in [0.15, 0.2) is 6.67 Å². The van der Waals surface area contributed by atoms with E-state index in [1.54, 1.807) is 0 Å². The second-order valence-electron chi connectivity index (χ2n) is 8.88. The Labute approximate surface area is 164 Å². The van der Waals surface area contributed by atoms with Crippen LogP contribution in [-0.4, -0.2) is 25.1 Å². The molecule has 0 amide bonds. The molecule has 3 aliphatic rings. The number of carbonyl (C=O) groups excluding carboxylic acids is 2. The summed E-state index contributed by atoms with van der Waals surface area (Å²) < 4.78 is 30.6. The minimum absolute atomic E-state index is 0.0408. The first-order valence-corrected chi connectivity index (χ1v) is 10.5. The maximum Gasteiger partial charge on any atom is 0.338 e. The zero-order valence-electron chi connectivity index (χ0n) is 16.4. The summed E-state index contributed by atoms with van der Waals surface area (Å²) in [6.07, 6.45) is 5.01. The number of esters is 1. The van der Waals surface area contributed by atoms with E-state index in [0.717, 1.165) is 44.1 Å². The van der Waals surface area contributed by atoms with Gasteiger partial charge in [-0.1, -0.05) is 25.1 Å². The maximum atomic E-state index is 12.9. The van der Waals surface area contributed by atoms with Crippen LogP contribution >= 0.6 is 0 Å². The number of Topliss-reactive ketones (excluding diaryl/α,β-unsaturated/α-hetero) is 1. The van der Waals surface area contributed by atoms with E-state index in [-0.39, 0.29) is 11.8 Å². The molecule has 5 atom stereocenters. The first kappa shape index (κ1) is 19.5. The Bertz CT molecular complexity index is 777. The zero-order valence-corrected chi connectivity index (χ0v) is 16.4. The Morgan fingerprint density at radius 3 is 2.82 bits per heavy atom. The van der Waals surface area contributed by atoms with Crippen molar-refractivity contribution in [1.29, 1.82) is 0 Å². The van der Waals surface area contributed by atoms with E-state index in [1.165, 1.54) is 11.1 Å². The summed E-state index contributed by atoms with van der Waals surface area (Å²) in [5.41, 5.74) is 3.17. The van der Waals surface area contributed by atoms with Gasteiger partial charge in [-0.2, -0.15) is 0 Å². The first-order valence-electron chi connectivity index (χ1n) is 10.5. The average molecular weight is 390 g/mol. The highest BCUT2D eigenvalue weighted by atomic mass is 19.1. The van der Waals surface area contributed by atoms with Crippen LogP contribution in [0.5, 0.6) is 0 Å². The molecule has 2 saturated carbocycles. The largest absolute Gasteiger partial charge is 0.455 e. The molecule has 0 aromatic heterocycles. The van der Waals surface area contributed by atoms with Gasteiger partial charge in [-0.15, -0.1) is 0 Å². The topological polar surface area (TPSA) is 43.4 Å². The van der Waals surface area contributed by atoms with E-state index in [4.69, 9.17) is 4.74 Å². The molecular formula is C23H28F2O3. The summed E-state index contributed by atoms with van der Waals surface area (Å²) in [4.78, 5) is 23.8. The quantitative estimate of drug-likeness (QED) is 0.663. The fraction of sp³-hybridized carbons (Fsp3) is 0.652. The number of hydrogen-bond acceptors (Lipinski definition) is 3. The van der Waals surface area contributed by atoms with Crippen LogP contribution in [0.25, 0.3) is 0 Å². The average Bonchev–Trinajstić information content (AvgIpc) is 3.01. The predicted molar refractivity (Wildman–Crippen MR) is 101 cm³/mol. The lowest BCUT2D eigenvalue weighted by molar-refractivity contribution is -0.151. The first-order chi connectivity index (χ1) is 13.5. The second kappa shape index (κ2) is 7.57. The van der Waals surface area contributed by atoms with E-state index < -0.39 is 25.4 Å². The molecule has 0 bridgehead atoms. The Hall–Kier alpha value is -1.78. The third kappa shape index (κ3) is 3.17. The molecule has 4 rings (SSSR count). The van der Waals surface area contributed by atoms with Crippen molar-refractivity contribution in [3.8, 4) is 0 Å². The van der Waals surface area contributed by atoms with Gasteiger partial charge in [-0.25, -0.2) is 9.18 Å². The van der Waals surface area contributed by atoms with Crippen molar-refractivity contribution in [3.63, 3.8) is 0 Å². The molecule has 1 aromatic rings. The highest BCUT2D eigenvalue weighted by molar-refractivity contribution is 5.87. The van der Waals surface area contributed by atoms with Gasteiger partial charge < -0.3 is 4.74 Å². The van der Waals surface area contributed by atoms with Crippen LogP contribution in [-0.2, 0) is 20.7 Å². The molecule has 1 aromatic carbocycles. The van der Waals surface area contributed by atoms with Gasteiger partial charge in [0.2, 0.25) is 0 Å². The SMILES string of the molecule is C[C@]12CC[C@@H]3c4ccc(C(CCF)OC(=O)CF)cc4CC[C@H]3[C@@H]1CCC2=O. The molecule has 2 fully saturated rings. The summed E-state index contributed by atoms with van der Waals surface area (Å²) in [6.45, 7) is 0.347. The van der Waals surface area contributed by atoms with Crippen molar-refractivity contribution in [2.24, 2.45) is 17.3 Å². The van der Waals surface area contributed by atoms with Crippen molar-refractivity contribution in [2.45, 2.75) is 63.9 Å². The number of alkyl halides is 2. The summed E-state index contributed by atoms with van der Waals surface area (Å²) >= 11 is 0. The van der Waals surface area contributed by atoms with E-state index in [1.807, 2.05) is 12.1 Å². The standard InChI is InChI=1S/C23H28F2O3/c1-23-10-8-17-16-4-3-15(20(9-11-24)28-22(27)13-25)12-14(16)2-5-18(17)19(23)6-7-21(23)26/h3-4,12,17-20H,2,5-11,13H2,1H3/t17-,18-,19+,20?,23+/m1/s1. The van der Waals surface area contributed by atoms with Gasteiger partial charge in [0.05, 0.1) is 6.67 Å². The van der Waals surface area contributed by atoms with Crippen LogP contribution in [0.3, 0.4) is 0 Å². The van der Waals surface area contributed by atoms with E-state index in [0.29, 0.717) is 23.5 Å². The number of benzene rings is 1. The number of hydrogen-bond donors (Lipinski definition) is 0. The van der Waals surface area contributed by atoms with Crippen LogP contribution < -0.4 is 0 Å². The smallest absolute Gasteiger partial charge is 0.338 e. The molecule has 0 spiro atoms. The summed E-state index contributed by atoms with van der Waals surface area (Å²) in [5, 5.41) is 0. The molecular weight excluding hydrogens is 362 g/mol. The molecule has 3 nitrogen and oxygen atoms in total. The van der Waals surface area contributed by atoms with Crippen LogP contribution in [0.15, 0.2) is 18.2 Å². The van der Waals surface area contributed by atoms with Crippen LogP contribution in [0.1, 0.15) is 74.2 Å². The predicted octanol–water partition coefficient (Wildman–Crippen LogP) is 5.03. The highest BCUT2D eigenvalue weighted by Gasteiger charge is 2.54. The molecule has 28 heavy (non-hydrogen) atoms. The maximum absolute atomic E-state index is 12.9. The van der Waals surface area contributed by atoms with Crippen molar-refractivity contribution in [3.05, 3.63) is 34.9 Å². The minimum atomic E-state index is -1.20. The molecule has 0 heterocycles. The number of carbonyl (C=O) groups is 2. The number of rotatable bonds is 5. The molecule has 0 radical (unpaired) electrons. The number of ketones is 1. The zero-order chi connectivity index (χ0) is 19.9. The summed E-state index contributed by atoms with van der Waals surface area (Å²) in [5.74, 6) is 0.996. The monoisotopic (exact) mass is 390 g/mol. The molecule has 3 aliphatic carbocycles. The molecule has 152 valence electrons. The minimum Gasteiger partial charge on any atom is -0.455 e. The molecule has 0 aliphatic heterocycles. The lowest BCUT2D eigenvalue weighted by Crippen LogP contribution is -2.42. The number of ether oxygens (including phenoxy) is 1. The van der Waals surface area contributed by atoms with Crippen LogP contribution in [0, 0.1) is 17.3 Å². The van der Waals surface area contributed by atoms with Crippen LogP contribution in [0.2, 0.25) is 0 Å². The Morgan fingerprint density at radius 2 is 2.07 bits per heavy atom. The number of halogens is 2. The molecule has 1 unspecified atom stereocenters. The highest BCUT2D eigenvalue weighted by Crippen LogP contribution is 2.59. The third-order valence-electron chi connectivity index (χ3n) is 7.59. The molecule has 5 heteroatoms. The normalized spacial score (nSPS) is 32.2. The Balaban J connectivity index is 1.59. The Morgan fingerprint density at radius 1 is 1.25 bits per heavy atom. The number of aryl methyl sites for hydroxylation is 1. The van der Waals surface area contributed by atoms with Crippen LogP contribution in [0.4, 0.5) is 8.78 Å². The molecule has 0 saturated heterocycles. The van der Waals surface area contributed by atoms with Crippen molar-refractivity contribution in [2.75, 3.05) is 13.3 Å². The van der Waals surface area contributed by atoms with Gasteiger partial charge in [0, 0.05) is 18.3 Å². The van der Waals surface area contributed by atoms with Crippen molar-refractivity contribution >= 4 is 11.8 Å². The lowest BCUT2D eigenvalue weighted by atomic mass is 9.55. The van der Waals surface area contributed by atoms with Gasteiger partial charge in [0.1, 0.15) is 11.9 Å². The van der Waals surface area contributed by atoms with E-state index >= 15 is 0 Å². The second-order valence-corrected chi connectivity index (χ2v) is 8.88. The summed E-state index contributed by atoms with van der Waals surface area (Å²) in [7, 11) is 0. The Kier molecular flexibility index (Phi) is 5.28. The van der Waals surface area contributed by atoms with E-state index in [2.05, 4.69) is 13.0 Å².